The third kappa shape index (κ3) is 7.65. The van der Waals surface area contributed by atoms with Gasteiger partial charge in [0, 0.05) is 37.2 Å². The number of carbonyl (C=O) groups is 3. The fourth-order valence-electron chi connectivity index (χ4n) is 4.96. The van der Waals surface area contributed by atoms with Crippen molar-refractivity contribution in [1.29, 1.82) is 0 Å². The molecular weight excluding hydrogens is 634 g/mol. The van der Waals surface area contributed by atoms with Gasteiger partial charge in [-0.15, -0.1) is 0 Å². The lowest BCUT2D eigenvalue weighted by Gasteiger charge is -2.20. The van der Waals surface area contributed by atoms with Crippen LogP contribution in [0.15, 0.2) is 82.6 Å². The SMILES string of the molecule is CC(C)OC(=O)[C@H](Cc1ccc(-n2c(=O)ccn2C)cc1)NC(=O)c1c(F)cc(NS(=O)(=O)c2ccc(C(=O)C3CC3)cc2)cc1F. The minimum atomic E-state index is -4.30. The maximum absolute atomic E-state index is 15.2. The molecule has 0 spiro atoms. The molecule has 1 fully saturated rings. The Labute approximate surface area is 269 Å². The van der Waals surface area contributed by atoms with Crippen molar-refractivity contribution in [2.24, 2.45) is 13.0 Å². The van der Waals surface area contributed by atoms with Gasteiger partial charge < -0.3 is 10.1 Å². The molecule has 3 aromatic carbocycles. The average molecular weight is 667 g/mol. The van der Waals surface area contributed by atoms with Crippen LogP contribution in [0.4, 0.5) is 14.5 Å². The Hall–Kier alpha value is -5.11. The van der Waals surface area contributed by atoms with Crippen LogP contribution in [0.25, 0.3) is 5.69 Å². The molecule has 2 N–H and O–H groups in total. The molecule has 246 valence electrons. The number of sulfonamides is 1. The number of anilines is 1. The first-order valence-electron chi connectivity index (χ1n) is 14.7. The maximum atomic E-state index is 15.2. The molecule has 1 aliphatic rings. The van der Waals surface area contributed by atoms with Gasteiger partial charge in [-0.05, 0) is 68.7 Å². The highest BCUT2D eigenvalue weighted by Gasteiger charge is 2.31. The van der Waals surface area contributed by atoms with Crippen LogP contribution in [0.2, 0.25) is 0 Å². The summed E-state index contributed by atoms with van der Waals surface area (Å²) in [4.78, 5) is 50.1. The van der Waals surface area contributed by atoms with Gasteiger partial charge in [-0.1, -0.05) is 24.3 Å². The lowest BCUT2D eigenvalue weighted by molar-refractivity contribution is -0.149. The van der Waals surface area contributed by atoms with Gasteiger partial charge in [0.2, 0.25) is 0 Å². The molecule has 5 rings (SSSR count). The van der Waals surface area contributed by atoms with Gasteiger partial charge >= 0.3 is 5.97 Å². The van der Waals surface area contributed by atoms with Gasteiger partial charge in [0.05, 0.1) is 22.4 Å². The van der Waals surface area contributed by atoms with Crippen molar-refractivity contribution in [2.75, 3.05) is 4.72 Å². The number of aryl methyl sites for hydroxylation is 1. The average Bonchev–Trinajstić information content (AvgIpc) is 3.80. The van der Waals surface area contributed by atoms with Gasteiger partial charge in [-0.3, -0.25) is 23.8 Å². The van der Waals surface area contributed by atoms with Crippen LogP contribution in [-0.4, -0.2) is 47.6 Å². The van der Waals surface area contributed by atoms with Crippen molar-refractivity contribution < 1.29 is 36.3 Å². The molecule has 1 aliphatic carbocycles. The minimum absolute atomic E-state index is 0.0481. The zero-order chi connectivity index (χ0) is 34.0. The summed E-state index contributed by atoms with van der Waals surface area (Å²) in [5.41, 5.74) is -0.283. The number of amides is 1. The van der Waals surface area contributed by atoms with E-state index in [1.807, 2.05) is 0 Å². The molecule has 0 aliphatic heterocycles. The summed E-state index contributed by atoms with van der Waals surface area (Å²) in [6.07, 6.45) is 2.53. The van der Waals surface area contributed by atoms with E-state index >= 15 is 8.78 Å². The van der Waals surface area contributed by atoms with Crippen LogP contribution in [0, 0.1) is 17.6 Å². The highest BCUT2D eigenvalue weighted by molar-refractivity contribution is 7.92. The normalized spacial score (nSPS) is 13.7. The first-order chi connectivity index (χ1) is 22.2. The van der Waals surface area contributed by atoms with E-state index in [0.29, 0.717) is 28.9 Å². The van der Waals surface area contributed by atoms with E-state index in [9.17, 15) is 27.6 Å². The van der Waals surface area contributed by atoms with Crippen molar-refractivity contribution in [3.05, 3.63) is 112 Å². The van der Waals surface area contributed by atoms with E-state index in [1.54, 1.807) is 56.0 Å². The zero-order valence-corrected chi connectivity index (χ0v) is 26.5. The number of halogens is 2. The van der Waals surface area contributed by atoms with Crippen LogP contribution >= 0.6 is 0 Å². The summed E-state index contributed by atoms with van der Waals surface area (Å²) in [5, 5.41) is 2.33. The Morgan fingerprint density at radius 3 is 2.11 bits per heavy atom. The van der Waals surface area contributed by atoms with Crippen molar-refractivity contribution in [1.82, 2.24) is 14.7 Å². The number of nitrogens with zero attached hydrogens (tertiary/aromatic N) is 2. The third-order valence-electron chi connectivity index (χ3n) is 7.44. The first-order valence-corrected chi connectivity index (χ1v) is 16.2. The highest BCUT2D eigenvalue weighted by atomic mass is 32.2. The number of ether oxygens (including phenoxy) is 1. The Morgan fingerprint density at radius 2 is 1.57 bits per heavy atom. The highest BCUT2D eigenvalue weighted by Crippen LogP contribution is 2.33. The molecular formula is C33H32F2N4O7S. The van der Waals surface area contributed by atoms with Crippen LogP contribution in [0.3, 0.4) is 0 Å². The molecule has 0 radical (unpaired) electrons. The third-order valence-corrected chi connectivity index (χ3v) is 8.84. The molecule has 11 nitrogen and oxygen atoms in total. The van der Waals surface area contributed by atoms with E-state index in [2.05, 4.69) is 10.0 Å². The summed E-state index contributed by atoms with van der Waals surface area (Å²) in [7, 11) is -2.61. The number of ketones is 1. The van der Waals surface area contributed by atoms with Crippen LogP contribution in [0.5, 0.6) is 0 Å². The molecule has 1 amide bonds. The topological polar surface area (TPSA) is 146 Å². The lowest BCUT2D eigenvalue weighted by Crippen LogP contribution is -2.44. The summed E-state index contributed by atoms with van der Waals surface area (Å²) >= 11 is 0. The van der Waals surface area contributed by atoms with Crippen molar-refractivity contribution in [3.8, 4) is 5.69 Å². The fraction of sp³-hybridized carbons (Fsp3) is 0.273. The number of carbonyl (C=O) groups excluding carboxylic acids is 3. The molecule has 0 unspecified atom stereocenters. The van der Waals surface area contributed by atoms with Gasteiger partial charge in [0.25, 0.3) is 21.5 Å². The number of esters is 1. The number of aromatic nitrogens is 2. The summed E-state index contributed by atoms with van der Waals surface area (Å²) < 4.78 is 66.5. The molecule has 1 atom stereocenters. The molecule has 14 heteroatoms. The Morgan fingerprint density at radius 1 is 0.957 bits per heavy atom. The second-order valence-corrected chi connectivity index (χ2v) is 13.2. The zero-order valence-electron chi connectivity index (χ0n) is 25.7. The smallest absolute Gasteiger partial charge is 0.329 e. The first kappa shape index (κ1) is 33.3. The number of rotatable bonds is 12. The predicted octanol–water partition coefficient (Wildman–Crippen LogP) is 4.14. The molecule has 0 saturated heterocycles. The second-order valence-electron chi connectivity index (χ2n) is 11.5. The maximum Gasteiger partial charge on any atom is 0.329 e. The lowest BCUT2D eigenvalue weighted by atomic mass is 10.0. The summed E-state index contributed by atoms with van der Waals surface area (Å²) in [6, 6.07) is 13.1. The molecule has 1 aromatic heterocycles. The number of Topliss-reactive ketones (excluding diaryl/α,β-unsaturated/α-hetero) is 1. The van der Waals surface area contributed by atoms with Gasteiger partial charge in [-0.25, -0.2) is 26.7 Å². The molecule has 47 heavy (non-hydrogen) atoms. The van der Waals surface area contributed by atoms with Gasteiger partial charge in [0.1, 0.15) is 23.2 Å². The number of hydrogen-bond donors (Lipinski definition) is 2. The predicted molar refractivity (Wildman–Crippen MR) is 168 cm³/mol. The summed E-state index contributed by atoms with van der Waals surface area (Å²) in [6.45, 7) is 3.20. The Balaban J connectivity index is 1.32. The quantitative estimate of drug-likeness (QED) is 0.171. The molecule has 1 heterocycles. The molecule has 0 bridgehead atoms. The van der Waals surface area contributed by atoms with E-state index in [1.165, 1.54) is 35.0 Å². The monoisotopic (exact) mass is 666 g/mol. The molecule has 4 aromatic rings. The molecule has 1 saturated carbocycles. The van der Waals surface area contributed by atoms with Crippen LogP contribution in [-0.2, 0) is 33.0 Å². The second kappa shape index (κ2) is 13.3. The van der Waals surface area contributed by atoms with Gasteiger partial charge in [-0.2, -0.15) is 0 Å². The number of hydrogen-bond acceptors (Lipinski definition) is 7. The minimum Gasteiger partial charge on any atom is -0.461 e. The van der Waals surface area contributed by atoms with Crippen molar-refractivity contribution in [3.63, 3.8) is 0 Å². The van der Waals surface area contributed by atoms with E-state index < -0.39 is 56.9 Å². The van der Waals surface area contributed by atoms with E-state index in [-0.39, 0.29) is 28.6 Å². The largest absolute Gasteiger partial charge is 0.461 e. The standard InChI is InChI=1S/C33H32F2N4O7S/c1-19(2)46-33(43)28(16-20-4-10-24(11-5-20)39-29(40)14-15-38(39)3)36-32(42)30-26(34)17-23(18-27(30)35)37-47(44,45)25-12-8-22(9-13-25)31(41)21-6-7-21/h4-5,8-15,17-19,21,28,37H,6-7,16H2,1-3H3,(H,36,42)/t28-/m0/s1. The van der Waals surface area contributed by atoms with E-state index in [4.69, 9.17) is 4.74 Å². The van der Waals surface area contributed by atoms with Crippen molar-refractivity contribution >= 4 is 33.4 Å². The van der Waals surface area contributed by atoms with Crippen molar-refractivity contribution in [2.45, 2.75) is 50.2 Å². The van der Waals surface area contributed by atoms with E-state index in [0.717, 1.165) is 12.8 Å². The van der Waals surface area contributed by atoms with Crippen LogP contribution in [0.1, 0.15) is 53.0 Å². The van der Waals surface area contributed by atoms with Gasteiger partial charge in [0.15, 0.2) is 5.78 Å². The fourth-order valence-corrected chi connectivity index (χ4v) is 6.00. The number of nitrogens with one attached hydrogen (secondary N) is 2. The number of benzene rings is 3. The Kier molecular flexibility index (Phi) is 9.43. The summed E-state index contributed by atoms with van der Waals surface area (Å²) in [5.74, 6) is -4.97. The van der Waals surface area contributed by atoms with Crippen LogP contribution < -0.4 is 15.6 Å². The Bertz CT molecular complexity index is 1980.